The molecular formula is C48H33N. The number of para-hydroxylation sites is 2. The van der Waals surface area contributed by atoms with E-state index in [0.29, 0.717) is 0 Å². The Morgan fingerprint density at radius 1 is 0.265 bits per heavy atom. The molecule has 0 N–H and O–H groups in total. The topological polar surface area (TPSA) is 4.93 Å². The van der Waals surface area contributed by atoms with Crippen molar-refractivity contribution in [1.82, 2.24) is 4.57 Å². The lowest BCUT2D eigenvalue weighted by Gasteiger charge is -2.24. The molecule has 0 amide bonds. The second kappa shape index (κ2) is 12.3. The van der Waals surface area contributed by atoms with Crippen LogP contribution in [0.4, 0.5) is 0 Å². The van der Waals surface area contributed by atoms with E-state index in [9.17, 15) is 0 Å². The minimum Gasteiger partial charge on any atom is -0.309 e. The monoisotopic (exact) mass is 623 g/mol. The molecule has 0 radical (unpaired) electrons. The first-order valence-corrected chi connectivity index (χ1v) is 16.9. The predicted octanol–water partition coefficient (Wildman–Crippen LogP) is 13.1. The standard InChI is InChI=1S/C48H33N/c1-5-17-34(18-6-1)42-33-43(35-19-7-2-8-20-35)47(37-23-11-4-12-24-37)48(46(42)36-21-9-3-10-22-36)38-29-31-39(32-30-38)49-44-27-15-13-25-40(44)41-26-14-16-28-45(41)49/h1-33H. The fourth-order valence-electron chi connectivity index (χ4n) is 7.45. The smallest absolute Gasteiger partial charge is 0.0541 e. The Morgan fingerprint density at radius 3 is 1.04 bits per heavy atom. The molecule has 0 aliphatic carbocycles. The third-order valence-electron chi connectivity index (χ3n) is 9.62. The Bertz CT molecular complexity index is 2390. The fraction of sp³-hybridized carbons (Fsp3) is 0. The highest BCUT2D eigenvalue weighted by Crippen LogP contribution is 2.50. The first-order chi connectivity index (χ1) is 24.3. The van der Waals surface area contributed by atoms with Crippen LogP contribution >= 0.6 is 0 Å². The Balaban J connectivity index is 1.38. The van der Waals surface area contributed by atoms with Gasteiger partial charge in [0, 0.05) is 16.5 Å². The van der Waals surface area contributed by atoms with Crippen molar-refractivity contribution in [2.45, 2.75) is 0 Å². The Kier molecular flexibility index (Phi) is 7.22. The summed E-state index contributed by atoms with van der Waals surface area (Å²) < 4.78 is 2.39. The van der Waals surface area contributed by atoms with Gasteiger partial charge in [-0.1, -0.05) is 170 Å². The molecule has 9 rings (SSSR count). The number of aromatic nitrogens is 1. The molecule has 49 heavy (non-hydrogen) atoms. The summed E-state index contributed by atoms with van der Waals surface area (Å²) in [5.74, 6) is 0. The van der Waals surface area contributed by atoms with Gasteiger partial charge in [-0.15, -0.1) is 0 Å². The molecule has 0 fully saturated rings. The maximum Gasteiger partial charge on any atom is 0.0541 e. The Morgan fingerprint density at radius 2 is 0.612 bits per heavy atom. The Labute approximate surface area is 287 Å². The highest BCUT2D eigenvalue weighted by atomic mass is 15.0. The largest absolute Gasteiger partial charge is 0.309 e. The van der Waals surface area contributed by atoms with Crippen LogP contribution in [-0.4, -0.2) is 4.57 Å². The van der Waals surface area contributed by atoms with Gasteiger partial charge in [0.25, 0.3) is 0 Å². The molecule has 1 heteroatoms. The highest BCUT2D eigenvalue weighted by molar-refractivity contribution is 6.10. The van der Waals surface area contributed by atoms with E-state index in [0.717, 1.165) is 5.69 Å². The van der Waals surface area contributed by atoms with Gasteiger partial charge in [0.1, 0.15) is 0 Å². The summed E-state index contributed by atoms with van der Waals surface area (Å²) in [5, 5.41) is 2.53. The van der Waals surface area contributed by atoms with Crippen molar-refractivity contribution >= 4 is 21.8 Å². The van der Waals surface area contributed by atoms with Gasteiger partial charge in [-0.05, 0) is 86.0 Å². The van der Waals surface area contributed by atoms with Crippen molar-refractivity contribution in [2.24, 2.45) is 0 Å². The normalized spacial score (nSPS) is 11.3. The summed E-state index contributed by atoms with van der Waals surface area (Å²) in [7, 11) is 0. The lowest BCUT2D eigenvalue weighted by Crippen LogP contribution is -1.99. The van der Waals surface area contributed by atoms with Crippen molar-refractivity contribution in [3.8, 4) is 61.3 Å². The molecule has 9 aromatic rings. The zero-order chi connectivity index (χ0) is 32.6. The third-order valence-corrected chi connectivity index (χ3v) is 9.62. The second-order valence-corrected chi connectivity index (χ2v) is 12.5. The van der Waals surface area contributed by atoms with Gasteiger partial charge in [-0.2, -0.15) is 0 Å². The summed E-state index contributed by atoms with van der Waals surface area (Å²) in [6.45, 7) is 0. The third kappa shape index (κ3) is 5.04. The molecular weight excluding hydrogens is 591 g/mol. The van der Waals surface area contributed by atoms with E-state index in [1.807, 2.05) is 0 Å². The lowest BCUT2D eigenvalue weighted by atomic mass is 9.79. The number of hydrogen-bond donors (Lipinski definition) is 0. The molecule has 230 valence electrons. The maximum atomic E-state index is 2.41. The molecule has 1 heterocycles. The van der Waals surface area contributed by atoms with Crippen molar-refractivity contribution < 1.29 is 0 Å². The van der Waals surface area contributed by atoms with Crippen LogP contribution in [-0.2, 0) is 0 Å². The molecule has 0 aliphatic heterocycles. The summed E-state index contributed by atoms with van der Waals surface area (Å²) in [6, 6.07) is 72.4. The zero-order valence-electron chi connectivity index (χ0n) is 27.0. The number of benzene rings is 8. The van der Waals surface area contributed by atoms with E-state index >= 15 is 0 Å². The molecule has 0 saturated heterocycles. The second-order valence-electron chi connectivity index (χ2n) is 12.5. The van der Waals surface area contributed by atoms with E-state index in [1.165, 1.54) is 77.4 Å². The maximum absolute atomic E-state index is 2.41. The summed E-state index contributed by atoms with van der Waals surface area (Å²) >= 11 is 0. The van der Waals surface area contributed by atoms with Gasteiger partial charge in [-0.3, -0.25) is 0 Å². The van der Waals surface area contributed by atoms with Crippen LogP contribution in [0, 0.1) is 0 Å². The minimum atomic E-state index is 1.14. The van der Waals surface area contributed by atoms with Gasteiger partial charge in [0.05, 0.1) is 11.0 Å². The highest BCUT2D eigenvalue weighted by Gasteiger charge is 2.24. The first-order valence-electron chi connectivity index (χ1n) is 16.9. The van der Waals surface area contributed by atoms with E-state index in [-0.39, 0.29) is 0 Å². The van der Waals surface area contributed by atoms with Crippen LogP contribution < -0.4 is 0 Å². The quantitative estimate of drug-likeness (QED) is 0.174. The zero-order valence-corrected chi connectivity index (χ0v) is 27.0. The van der Waals surface area contributed by atoms with Crippen molar-refractivity contribution in [3.63, 3.8) is 0 Å². The number of fused-ring (bicyclic) bond motifs is 3. The average Bonchev–Trinajstić information content (AvgIpc) is 3.53. The van der Waals surface area contributed by atoms with Crippen LogP contribution in [0.1, 0.15) is 0 Å². The molecule has 0 bridgehead atoms. The number of rotatable bonds is 6. The summed E-state index contributed by atoms with van der Waals surface area (Å²) in [6.07, 6.45) is 0. The van der Waals surface area contributed by atoms with Crippen LogP contribution in [0.5, 0.6) is 0 Å². The number of nitrogens with zero attached hydrogens (tertiary/aromatic N) is 1. The first kappa shape index (κ1) is 28.8. The fourth-order valence-corrected chi connectivity index (χ4v) is 7.45. The van der Waals surface area contributed by atoms with Crippen LogP contribution in [0.3, 0.4) is 0 Å². The number of hydrogen-bond acceptors (Lipinski definition) is 0. The van der Waals surface area contributed by atoms with Gasteiger partial charge in [0.15, 0.2) is 0 Å². The van der Waals surface area contributed by atoms with Gasteiger partial charge in [0.2, 0.25) is 0 Å². The van der Waals surface area contributed by atoms with Crippen LogP contribution in [0.2, 0.25) is 0 Å². The van der Waals surface area contributed by atoms with Crippen molar-refractivity contribution in [3.05, 3.63) is 200 Å². The summed E-state index contributed by atoms with van der Waals surface area (Å²) in [5.41, 5.74) is 15.6. The summed E-state index contributed by atoms with van der Waals surface area (Å²) in [4.78, 5) is 0. The molecule has 8 aromatic carbocycles. The van der Waals surface area contributed by atoms with Gasteiger partial charge < -0.3 is 4.57 Å². The van der Waals surface area contributed by atoms with E-state index in [2.05, 4.69) is 205 Å². The molecule has 1 nitrogen and oxygen atoms in total. The van der Waals surface area contributed by atoms with E-state index < -0.39 is 0 Å². The average molecular weight is 624 g/mol. The van der Waals surface area contributed by atoms with E-state index in [4.69, 9.17) is 0 Å². The predicted molar refractivity (Wildman–Crippen MR) is 208 cm³/mol. The minimum absolute atomic E-state index is 1.14. The van der Waals surface area contributed by atoms with Gasteiger partial charge in [-0.25, -0.2) is 0 Å². The van der Waals surface area contributed by atoms with Crippen molar-refractivity contribution in [2.75, 3.05) is 0 Å². The Hall–Kier alpha value is -6.44. The van der Waals surface area contributed by atoms with Crippen molar-refractivity contribution in [1.29, 1.82) is 0 Å². The van der Waals surface area contributed by atoms with Gasteiger partial charge >= 0.3 is 0 Å². The van der Waals surface area contributed by atoms with Crippen LogP contribution in [0.15, 0.2) is 200 Å². The SMILES string of the molecule is c1ccc(-c2cc(-c3ccccc3)c(-c3ccccc3)c(-c3ccc(-n4c5ccccc5c5ccccc54)cc3)c2-c2ccccc2)cc1. The van der Waals surface area contributed by atoms with E-state index in [1.54, 1.807) is 0 Å². The molecule has 1 aromatic heterocycles. The van der Waals surface area contributed by atoms with Crippen LogP contribution in [0.25, 0.3) is 83.1 Å². The molecule has 0 atom stereocenters. The molecule has 0 unspecified atom stereocenters. The molecule has 0 spiro atoms. The molecule has 0 aliphatic rings. The lowest BCUT2D eigenvalue weighted by molar-refractivity contribution is 1.18. The molecule has 0 saturated carbocycles.